The van der Waals surface area contributed by atoms with Gasteiger partial charge in [0.05, 0.1) is 0 Å². The molecule has 3 rings (SSSR count). The van der Waals surface area contributed by atoms with Crippen molar-refractivity contribution >= 4 is 17.2 Å². The maximum absolute atomic E-state index is 12.9. The Morgan fingerprint density at radius 3 is 2.48 bits per heavy atom. The van der Waals surface area contributed by atoms with E-state index in [-0.39, 0.29) is 11.7 Å². The Morgan fingerprint density at radius 1 is 1.17 bits per heavy atom. The van der Waals surface area contributed by atoms with Crippen LogP contribution in [0.15, 0.2) is 41.8 Å². The second kappa shape index (κ2) is 7.21. The van der Waals surface area contributed by atoms with E-state index < -0.39 is 6.10 Å². The third-order valence-electron chi connectivity index (χ3n) is 4.05. The van der Waals surface area contributed by atoms with Crippen LogP contribution in [0, 0.1) is 5.82 Å². The fourth-order valence-corrected chi connectivity index (χ4v) is 3.43. The van der Waals surface area contributed by atoms with E-state index in [0.717, 1.165) is 18.0 Å². The van der Waals surface area contributed by atoms with Crippen LogP contribution in [0.5, 0.6) is 0 Å². The van der Waals surface area contributed by atoms with Crippen molar-refractivity contribution in [2.75, 3.05) is 32.7 Å². The van der Waals surface area contributed by atoms with Crippen molar-refractivity contribution in [2.24, 2.45) is 0 Å². The van der Waals surface area contributed by atoms with E-state index in [9.17, 15) is 14.3 Å². The first-order chi connectivity index (χ1) is 11.1. The number of rotatable bonds is 4. The molecule has 0 aliphatic carbocycles. The lowest BCUT2D eigenvalue weighted by atomic mass is 10.1. The summed E-state index contributed by atoms with van der Waals surface area (Å²) in [5.74, 6) is -0.405. The van der Waals surface area contributed by atoms with E-state index in [4.69, 9.17) is 0 Å². The molecule has 122 valence electrons. The van der Waals surface area contributed by atoms with Crippen LogP contribution in [0.1, 0.15) is 21.3 Å². The maximum Gasteiger partial charge on any atom is 0.253 e. The molecule has 2 heterocycles. The van der Waals surface area contributed by atoms with E-state index in [1.165, 1.54) is 24.3 Å². The highest BCUT2D eigenvalue weighted by atomic mass is 32.1. The molecule has 1 atom stereocenters. The molecule has 1 N–H and O–H groups in total. The Bertz CT molecular complexity index is 637. The second-order valence-corrected chi connectivity index (χ2v) is 6.61. The van der Waals surface area contributed by atoms with Gasteiger partial charge in [0.15, 0.2) is 0 Å². The number of piperazine rings is 1. The van der Waals surface area contributed by atoms with Crippen LogP contribution in [0.3, 0.4) is 0 Å². The number of benzene rings is 1. The van der Waals surface area contributed by atoms with Crippen molar-refractivity contribution in [3.8, 4) is 0 Å². The molecule has 1 aromatic heterocycles. The maximum atomic E-state index is 12.9. The lowest BCUT2D eigenvalue weighted by Crippen LogP contribution is -2.49. The Hall–Kier alpha value is -1.76. The molecule has 6 heteroatoms. The van der Waals surface area contributed by atoms with Crippen LogP contribution >= 0.6 is 11.3 Å². The Morgan fingerprint density at radius 2 is 1.87 bits per heavy atom. The summed E-state index contributed by atoms with van der Waals surface area (Å²) < 4.78 is 12.9. The summed E-state index contributed by atoms with van der Waals surface area (Å²) in [6, 6.07) is 9.52. The molecule has 0 radical (unpaired) electrons. The number of aliphatic hydroxyl groups is 1. The minimum absolute atomic E-state index is 0.0662. The van der Waals surface area contributed by atoms with E-state index in [0.29, 0.717) is 25.2 Å². The number of β-amino-alcohol motifs (C(OH)–C–C–N with tert-alkyl or cyclic N) is 1. The van der Waals surface area contributed by atoms with Gasteiger partial charge < -0.3 is 10.0 Å². The van der Waals surface area contributed by atoms with Gasteiger partial charge in [0.1, 0.15) is 11.9 Å². The van der Waals surface area contributed by atoms with Gasteiger partial charge in [0.25, 0.3) is 5.91 Å². The predicted molar refractivity (Wildman–Crippen MR) is 88.0 cm³/mol. The third kappa shape index (κ3) is 3.96. The van der Waals surface area contributed by atoms with E-state index in [1.54, 1.807) is 16.2 Å². The number of carbonyl (C=O) groups is 1. The molecule has 0 spiro atoms. The summed E-state index contributed by atoms with van der Waals surface area (Å²) in [7, 11) is 0. The van der Waals surface area contributed by atoms with Crippen molar-refractivity contribution in [1.29, 1.82) is 0 Å². The zero-order valence-corrected chi connectivity index (χ0v) is 13.5. The number of carbonyl (C=O) groups excluding carboxylic acids is 1. The molecule has 23 heavy (non-hydrogen) atoms. The molecule has 1 aliphatic heterocycles. The number of nitrogens with zero attached hydrogens (tertiary/aromatic N) is 2. The summed E-state index contributed by atoms with van der Waals surface area (Å²) in [6.45, 7) is 3.28. The highest BCUT2D eigenvalue weighted by Gasteiger charge is 2.23. The molecule has 1 amide bonds. The lowest BCUT2D eigenvalue weighted by Gasteiger charge is -2.35. The Kier molecular flexibility index (Phi) is 5.05. The average molecular weight is 334 g/mol. The number of amides is 1. The topological polar surface area (TPSA) is 43.8 Å². The van der Waals surface area contributed by atoms with Gasteiger partial charge in [-0.05, 0) is 35.7 Å². The molecule has 0 saturated carbocycles. The zero-order valence-electron chi connectivity index (χ0n) is 12.7. The first kappa shape index (κ1) is 16.1. The van der Waals surface area contributed by atoms with E-state index in [2.05, 4.69) is 4.90 Å². The molecular formula is C17H19FN2O2S. The fraction of sp³-hybridized carbons (Fsp3) is 0.353. The minimum Gasteiger partial charge on any atom is -0.386 e. The Balaban J connectivity index is 1.52. The molecule has 4 nitrogen and oxygen atoms in total. The van der Waals surface area contributed by atoms with Gasteiger partial charge in [-0.3, -0.25) is 9.69 Å². The zero-order chi connectivity index (χ0) is 16.2. The van der Waals surface area contributed by atoms with Gasteiger partial charge in [0.2, 0.25) is 0 Å². The molecule has 1 saturated heterocycles. The summed E-state index contributed by atoms with van der Waals surface area (Å²) in [5, 5.41) is 12.1. The molecule has 0 bridgehead atoms. The average Bonchev–Trinajstić information content (AvgIpc) is 3.10. The van der Waals surface area contributed by atoms with Crippen molar-refractivity contribution in [3.63, 3.8) is 0 Å². The smallest absolute Gasteiger partial charge is 0.253 e. The molecule has 0 unspecified atom stereocenters. The molecule has 2 aromatic rings. The predicted octanol–water partition coefficient (Wildman–Crippen LogP) is 2.38. The number of hydrogen-bond acceptors (Lipinski definition) is 4. The number of halogens is 1. The first-order valence-electron chi connectivity index (χ1n) is 7.62. The monoisotopic (exact) mass is 334 g/mol. The normalized spacial score (nSPS) is 17.2. The van der Waals surface area contributed by atoms with Crippen molar-refractivity contribution in [1.82, 2.24) is 9.80 Å². The van der Waals surface area contributed by atoms with Crippen LogP contribution in [-0.4, -0.2) is 53.5 Å². The highest BCUT2D eigenvalue weighted by molar-refractivity contribution is 7.10. The lowest BCUT2D eigenvalue weighted by molar-refractivity contribution is 0.0533. The molecular weight excluding hydrogens is 315 g/mol. The fourth-order valence-electron chi connectivity index (χ4n) is 2.72. The van der Waals surface area contributed by atoms with Crippen LogP contribution < -0.4 is 0 Å². The summed E-state index contributed by atoms with van der Waals surface area (Å²) >= 11 is 1.55. The van der Waals surface area contributed by atoms with E-state index >= 15 is 0 Å². The van der Waals surface area contributed by atoms with Gasteiger partial charge in [-0.25, -0.2) is 4.39 Å². The summed E-state index contributed by atoms with van der Waals surface area (Å²) in [6.07, 6.45) is -0.477. The van der Waals surface area contributed by atoms with Crippen LogP contribution in [0.25, 0.3) is 0 Å². The SMILES string of the molecule is O=C(c1ccc(F)cc1)N1CCN(C[C@@H](O)c2cccs2)CC1. The standard InChI is InChI=1S/C17H19FN2O2S/c18-14-5-3-13(4-6-14)17(22)20-9-7-19(8-10-20)12-15(21)16-2-1-11-23-16/h1-6,11,15,21H,7-10,12H2/t15-/m1/s1. The van der Waals surface area contributed by atoms with Gasteiger partial charge in [-0.1, -0.05) is 6.07 Å². The number of aliphatic hydroxyl groups excluding tert-OH is 1. The third-order valence-corrected chi connectivity index (χ3v) is 5.03. The largest absolute Gasteiger partial charge is 0.386 e. The quantitative estimate of drug-likeness (QED) is 0.934. The Labute approximate surface area is 138 Å². The molecule has 1 fully saturated rings. The van der Waals surface area contributed by atoms with Crippen LogP contribution in [-0.2, 0) is 0 Å². The summed E-state index contributed by atoms with van der Waals surface area (Å²) in [4.78, 5) is 17.3. The van der Waals surface area contributed by atoms with Crippen molar-refractivity contribution < 1.29 is 14.3 Å². The molecule has 1 aromatic carbocycles. The van der Waals surface area contributed by atoms with Gasteiger partial charge in [-0.15, -0.1) is 11.3 Å². The summed E-state index contributed by atoms with van der Waals surface area (Å²) in [5.41, 5.74) is 0.512. The highest BCUT2D eigenvalue weighted by Crippen LogP contribution is 2.20. The van der Waals surface area contributed by atoms with Crippen molar-refractivity contribution in [2.45, 2.75) is 6.10 Å². The van der Waals surface area contributed by atoms with Crippen molar-refractivity contribution in [3.05, 3.63) is 58.0 Å². The van der Waals surface area contributed by atoms with Gasteiger partial charge in [-0.2, -0.15) is 0 Å². The molecule has 1 aliphatic rings. The van der Waals surface area contributed by atoms with Crippen LogP contribution in [0.2, 0.25) is 0 Å². The number of hydrogen-bond donors (Lipinski definition) is 1. The first-order valence-corrected chi connectivity index (χ1v) is 8.50. The van der Waals surface area contributed by atoms with E-state index in [1.807, 2.05) is 17.5 Å². The number of thiophene rings is 1. The minimum atomic E-state index is -0.477. The van der Waals surface area contributed by atoms with Gasteiger partial charge in [0, 0.05) is 43.2 Å². The second-order valence-electron chi connectivity index (χ2n) is 5.63. The van der Waals surface area contributed by atoms with Gasteiger partial charge >= 0.3 is 0 Å². The van der Waals surface area contributed by atoms with Crippen LogP contribution in [0.4, 0.5) is 4.39 Å².